The monoisotopic (exact) mass is 317 g/mol. The van der Waals surface area contributed by atoms with Gasteiger partial charge < -0.3 is 14.4 Å². The second kappa shape index (κ2) is 4.82. The number of fused-ring (bicyclic) bond motifs is 1. The fraction of sp³-hybridized carbons (Fsp3) is 0.417. The first-order valence-corrected chi connectivity index (χ1v) is 8.40. The minimum absolute atomic E-state index is 0.0591. The van der Waals surface area contributed by atoms with Crippen molar-refractivity contribution in [3.63, 3.8) is 0 Å². The van der Waals surface area contributed by atoms with E-state index in [0.29, 0.717) is 18.0 Å². The number of ether oxygens (including phenoxy) is 2. The summed E-state index contributed by atoms with van der Waals surface area (Å²) >= 11 is 0. The van der Waals surface area contributed by atoms with E-state index in [9.17, 15) is 13.2 Å². The maximum absolute atomic E-state index is 11.8. The van der Waals surface area contributed by atoms with E-state index in [1.54, 1.807) is 12.1 Å². The van der Waals surface area contributed by atoms with Gasteiger partial charge in [-0.1, -0.05) is 6.07 Å². The number of halogens is 1. The Balaban J connectivity index is 1.74. The smallest absolute Gasteiger partial charge is 0.237 e. The second-order valence-electron chi connectivity index (χ2n) is 4.76. The maximum Gasteiger partial charge on any atom is 0.237 e. The summed E-state index contributed by atoms with van der Waals surface area (Å²) in [5.74, 6) is 1.09. The molecular weight excluding hydrogens is 306 g/mol. The van der Waals surface area contributed by atoms with Crippen molar-refractivity contribution in [2.24, 2.45) is 0 Å². The summed E-state index contributed by atoms with van der Waals surface area (Å²) in [6.45, 7) is 0.644. The van der Waals surface area contributed by atoms with Crippen LogP contribution in [0.15, 0.2) is 18.2 Å². The summed E-state index contributed by atoms with van der Waals surface area (Å²) in [5, 5.41) is -0.828. The molecular formula is C12H12ClNO5S. The third-order valence-electron chi connectivity index (χ3n) is 3.39. The van der Waals surface area contributed by atoms with Crippen LogP contribution < -0.4 is 9.47 Å². The molecule has 1 unspecified atom stereocenters. The van der Waals surface area contributed by atoms with Gasteiger partial charge >= 0.3 is 0 Å². The van der Waals surface area contributed by atoms with Gasteiger partial charge in [-0.25, -0.2) is 8.42 Å². The molecule has 1 fully saturated rings. The fourth-order valence-electron chi connectivity index (χ4n) is 2.34. The lowest BCUT2D eigenvalue weighted by molar-refractivity contribution is -0.128. The topological polar surface area (TPSA) is 72.9 Å². The van der Waals surface area contributed by atoms with E-state index >= 15 is 0 Å². The Morgan fingerprint density at radius 1 is 1.30 bits per heavy atom. The molecule has 1 aromatic carbocycles. The maximum atomic E-state index is 11.8. The molecule has 3 rings (SSSR count). The molecule has 1 amide bonds. The summed E-state index contributed by atoms with van der Waals surface area (Å²) in [4.78, 5) is 13.3. The normalized spacial score (nSPS) is 21.6. The fourth-order valence-corrected chi connectivity index (χ4v) is 3.39. The van der Waals surface area contributed by atoms with Crippen LogP contribution in [0.25, 0.3) is 0 Å². The van der Waals surface area contributed by atoms with Crippen LogP contribution in [0.1, 0.15) is 12.0 Å². The molecule has 2 aliphatic heterocycles. The minimum atomic E-state index is -3.71. The molecule has 0 aromatic heterocycles. The number of nitrogens with zero attached hydrogens (tertiary/aromatic N) is 1. The highest BCUT2D eigenvalue weighted by atomic mass is 35.7. The van der Waals surface area contributed by atoms with Crippen LogP contribution in [0.2, 0.25) is 0 Å². The number of carbonyl (C=O) groups excluding carboxylic acids is 1. The average Bonchev–Trinajstić information content (AvgIpc) is 2.95. The molecule has 8 heteroatoms. The number of likely N-dealkylation sites (tertiary alicyclic amines) is 1. The van der Waals surface area contributed by atoms with Gasteiger partial charge in [-0.15, -0.1) is 0 Å². The number of hydrogen-bond acceptors (Lipinski definition) is 5. The van der Waals surface area contributed by atoms with Crippen LogP contribution in [0.4, 0.5) is 0 Å². The van der Waals surface area contributed by atoms with Crippen LogP contribution in [0.5, 0.6) is 11.5 Å². The number of amides is 1. The largest absolute Gasteiger partial charge is 0.454 e. The molecule has 0 spiro atoms. The van der Waals surface area contributed by atoms with E-state index in [2.05, 4.69) is 0 Å². The molecule has 0 N–H and O–H groups in total. The standard InChI is InChI=1S/C12H12ClNO5S/c13-20(16,17)9-4-12(15)14(6-9)5-8-1-2-10-11(3-8)19-7-18-10/h1-3,9H,4-7H2. The molecule has 2 aliphatic rings. The lowest BCUT2D eigenvalue weighted by Gasteiger charge is -2.16. The average molecular weight is 318 g/mol. The molecule has 1 aromatic rings. The zero-order valence-electron chi connectivity index (χ0n) is 10.4. The first kappa shape index (κ1) is 13.5. The van der Waals surface area contributed by atoms with E-state index in [1.165, 1.54) is 4.90 Å². The molecule has 1 atom stereocenters. The van der Waals surface area contributed by atoms with E-state index in [1.807, 2.05) is 6.07 Å². The van der Waals surface area contributed by atoms with E-state index < -0.39 is 14.3 Å². The summed E-state index contributed by atoms with van der Waals surface area (Å²) in [7, 11) is 1.60. The molecule has 1 saturated heterocycles. The first-order valence-electron chi connectivity index (χ1n) is 6.03. The van der Waals surface area contributed by atoms with Crippen LogP contribution in [0.3, 0.4) is 0 Å². The highest BCUT2D eigenvalue weighted by Gasteiger charge is 2.37. The minimum Gasteiger partial charge on any atom is -0.454 e. The van der Waals surface area contributed by atoms with Gasteiger partial charge in [0.1, 0.15) is 5.25 Å². The van der Waals surface area contributed by atoms with Crippen molar-refractivity contribution in [2.75, 3.05) is 13.3 Å². The van der Waals surface area contributed by atoms with Gasteiger partial charge in [-0.05, 0) is 17.7 Å². The van der Waals surface area contributed by atoms with Crippen molar-refractivity contribution in [1.82, 2.24) is 4.90 Å². The Morgan fingerprint density at radius 3 is 2.75 bits per heavy atom. The Morgan fingerprint density at radius 2 is 2.05 bits per heavy atom. The zero-order chi connectivity index (χ0) is 14.3. The van der Waals surface area contributed by atoms with Crippen LogP contribution >= 0.6 is 10.7 Å². The summed E-state index contributed by atoms with van der Waals surface area (Å²) in [5.41, 5.74) is 0.857. The Bertz CT molecular complexity index is 660. The van der Waals surface area contributed by atoms with Gasteiger partial charge in [0, 0.05) is 30.2 Å². The van der Waals surface area contributed by atoms with Gasteiger partial charge in [-0.3, -0.25) is 4.79 Å². The van der Waals surface area contributed by atoms with Crippen molar-refractivity contribution in [2.45, 2.75) is 18.2 Å². The molecule has 20 heavy (non-hydrogen) atoms. The lowest BCUT2D eigenvalue weighted by atomic mass is 10.2. The predicted octanol–water partition coefficient (Wildman–Crippen LogP) is 1.08. The van der Waals surface area contributed by atoms with Crippen molar-refractivity contribution in [1.29, 1.82) is 0 Å². The van der Waals surface area contributed by atoms with Gasteiger partial charge in [0.05, 0.1) is 0 Å². The third-order valence-corrected chi connectivity index (χ3v) is 5.26. The van der Waals surface area contributed by atoms with E-state index in [-0.39, 0.29) is 25.7 Å². The van der Waals surface area contributed by atoms with Crippen LogP contribution in [-0.2, 0) is 20.4 Å². The third kappa shape index (κ3) is 2.55. The zero-order valence-corrected chi connectivity index (χ0v) is 12.0. The predicted molar refractivity (Wildman–Crippen MR) is 71.2 cm³/mol. The molecule has 108 valence electrons. The van der Waals surface area contributed by atoms with Crippen molar-refractivity contribution in [3.05, 3.63) is 23.8 Å². The van der Waals surface area contributed by atoms with Crippen LogP contribution in [-0.4, -0.2) is 37.8 Å². The Hall–Kier alpha value is -1.47. The SMILES string of the molecule is O=C1CC(S(=O)(=O)Cl)CN1Cc1ccc2c(c1)OCO2. The highest BCUT2D eigenvalue weighted by Crippen LogP contribution is 2.33. The number of carbonyl (C=O) groups is 1. The summed E-state index contributed by atoms with van der Waals surface area (Å²) in [6, 6.07) is 5.38. The second-order valence-corrected chi connectivity index (χ2v) is 7.67. The van der Waals surface area contributed by atoms with Gasteiger partial charge in [0.2, 0.25) is 21.8 Å². The molecule has 0 saturated carbocycles. The highest BCUT2D eigenvalue weighted by molar-refractivity contribution is 8.14. The Labute approximate surface area is 120 Å². The van der Waals surface area contributed by atoms with Crippen molar-refractivity contribution < 1.29 is 22.7 Å². The first-order chi connectivity index (χ1) is 9.43. The number of benzene rings is 1. The number of rotatable bonds is 3. The van der Waals surface area contributed by atoms with Crippen molar-refractivity contribution >= 4 is 25.6 Å². The van der Waals surface area contributed by atoms with Crippen LogP contribution in [0, 0.1) is 0 Å². The van der Waals surface area contributed by atoms with Gasteiger partial charge in [0.25, 0.3) is 0 Å². The molecule has 6 nitrogen and oxygen atoms in total. The van der Waals surface area contributed by atoms with E-state index in [4.69, 9.17) is 20.2 Å². The molecule has 0 aliphatic carbocycles. The lowest BCUT2D eigenvalue weighted by Crippen LogP contribution is -2.26. The Kier molecular flexibility index (Phi) is 3.25. The number of hydrogen-bond donors (Lipinski definition) is 0. The van der Waals surface area contributed by atoms with E-state index in [0.717, 1.165) is 5.56 Å². The molecule has 2 heterocycles. The van der Waals surface area contributed by atoms with Gasteiger partial charge in [0.15, 0.2) is 11.5 Å². The van der Waals surface area contributed by atoms with Crippen molar-refractivity contribution in [3.8, 4) is 11.5 Å². The summed E-state index contributed by atoms with van der Waals surface area (Å²) < 4.78 is 33.0. The molecule has 0 radical (unpaired) electrons. The quantitative estimate of drug-likeness (QED) is 0.780. The summed E-state index contributed by atoms with van der Waals surface area (Å²) in [6.07, 6.45) is -0.0591. The molecule has 0 bridgehead atoms. The van der Waals surface area contributed by atoms with Gasteiger partial charge in [-0.2, -0.15) is 0 Å².